The summed E-state index contributed by atoms with van der Waals surface area (Å²) in [7, 11) is 0. The fourth-order valence-corrected chi connectivity index (χ4v) is 3.17. The van der Waals surface area contributed by atoms with Gasteiger partial charge in [-0.3, -0.25) is 14.4 Å². The molecule has 7 heteroatoms. The molecular weight excluding hydrogens is 408 g/mol. The summed E-state index contributed by atoms with van der Waals surface area (Å²) in [5.74, 6) is -1.91. The molecule has 32 heavy (non-hydrogen) atoms. The van der Waals surface area contributed by atoms with Gasteiger partial charge in [-0.05, 0) is 38.7 Å². The van der Waals surface area contributed by atoms with E-state index in [2.05, 4.69) is 23.8 Å². The van der Waals surface area contributed by atoms with Gasteiger partial charge in [0.05, 0.1) is 25.0 Å². The second-order valence-corrected chi connectivity index (χ2v) is 7.98. The number of rotatable bonds is 15. The Morgan fingerprint density at radius 3 is 2.28 bits per heavy atom. The highest BCUT2D eigenvalue weighted by Gasteiger charge is 2.24. The summed E-state index contributed by atoms with van der Waals surface area (Å²) >= 11 is 0. The van der Waals surface area contributed by atoms with Crippen molar-refractivity contribution < 1.29 is 24.2 Å². The maximum Gasteiger partial charge on any atom is 0.309 e. The molecule has 0 fully saturated rings. The number of esters is 1. The molecule has 0 aliphatic rings. The molecule has 1 rings (SSSR count). The summed E-state index contributed by atoms with van der Waals surface area (Å²) in [5, 5.41) is 14.4. The zero-order chi connectivity index (χ0) is 23.9. The Morgan fingerprint density at radius 1 is 1.06 bits per heavy atom. The number of hydrogen-bond donors (Lipinski definition) is 3. The van der Waals surface area contributed by atoms with E-state index < -0.39 is 12.0 Å². The molecule has 0 aliphatic heterocycles. The van der Waals surface area contributed by atoms with Crippen LogP contribution >= 0.6 is 0 Å². The molecule has 0 saturated carbocycles. The van der Waals surface area contributed by atoms with E-state index in [1.807, 2.05) is 30.3 Å². The van der Waals surface area contributed by atoms with Crippen molar-refractivity contribution >= 4 is 17.8 Å². The summed E-state index contributed by atoms with van der Waals surface area (Å²) in [6.45, 7) is 10.7. The van der Waals surface area contributed by atoms with E-state index in [0.717, 1.165) is 5.56 Å². The third-order valence-electron chi connectivity index (χ3n) is 4.93. The molecule has 4 atom stereocenters. The standard InChI is InChI=1S/C25H36N2O5/c1-5-10-21(15-23(29)27-18(3)17-28)24(30)26-16-19(4)32-25(31)22(11-6-2)14-20-12-8-7-9-13-20/h5-9,12-13,18-19,21-22,28H,1-2,10-11,14-17H2,3-4H3,(H,26,30)(H,27,29)/t18-,19-,21-,22-/m0/s1. The fraction of sp³-hybridized carbons (Fsp3) is 0.480. The van der Waals surface area contributed by atoms with Gasteiger partial charge < -0.3 is 20.5 Å². The number of hydrogen-bond acceptors (Lipinski definition) is 5. The summed E-state index contributed by atoms with van der Waals surface area (Å²) in [5.41, 5.74) is 1.04. The largest absolute Gasteiger partial charge is 0.461 e. The number of allylic oxidation sites excluding steroid dienone is 2. The highest BCUT2D eigenvalue weighted by atomic mass is 16.5. The smallest absolute Gasteiger partial charge is 0.309 e. The van der Waals surface area contributed by atoms with E-state index in [1.54, 1.807) is 26.0 Å². The first-order valence-electron chi connectivity index (χ1n) is 10.9. The van der Waals surface area contributed by atoms with Crippen molar-refractivity contribution in [1.29, 1.82) is 0 Å². The maximum atomic E-state index is 12.6. The number of nitrogens with one attached hydrogen (secondary N) is 2. The number of benzene rings is 1. The van der Waals surface area contributed by atoms with Crippen molar-refractivity contribution in [2.75, 3.05) is 13.2 Å². The van der Waals surface area contributed by atoms with Crippen LogP contribution in [0.2, 0.25) is 0 Å². The molecule has 176 valence electrons. The van der Waals surface area contributed by atoms with Crippen LogP contribution in [-0.4, -0.2) is 48.2 Å². The summed E-state index contributed by atoms with van der Waals surface area (Å²) in [6, 6.07) is 9.32. The van der Waals surface area contributed by atoms with Gasteiger partial charge in [0.15, 0.2) is 0 Å². The predicted octanol–water partition coefficient (Wildman–Crippen LogP) is 2.55. The number of carbonyl (C=O) groups is 3. The lowest BCUT2D eigenvalue weighted by Gasteiger charge is -2.21. The van der Waals surface area contributed by atoms with Gasteiger partial charge >= 0.3 is 5.97 Å². The summed E-state index contributed by atoms with van der Waals surface area (Å²) < 4.78 is 5.55. The average Bonchev–Trinajstić information content (AvgIpc) is 2.77. The molecule has 0 heterocycles. The van der Waals surface area contributed by atoms with Crippen molar-refractivity contribution in [1.82, 2.24) is 10.6 Å². The van der Waals surface area contributed by atoms with Gasteiger partial charge in [0.1, 0.15) is 6.10 Å². The maximum absolute atomic E-state index is 12.6. The van der Waals surface area contributed by atoms with E-state index in [4.69, 9.17) is 9.84 Å². The third kappa shape index (κ3) is 10.4. The van der Waals surface area contributed by atoms with Gasteiger partial charge in [-0.25, -0.2) is 0 Å². The van der Waals surface area contributed by atoms with Gasteiger partial charge in [-0.15, -0.1) is 13.2 Å². The van der Waals surface area contributed by atoms with Crippen molar-refractivity contribution in [3.8, 4) is 0 Å². The Bertz CT molecular complexity index is 750. The molecule has 0 unspecified atom stereocenters. The normalized spacial score (nSPS) is 14.3. The van der Waals surface area contributed by atoms with Crippen LogP contribution in [0.1, 0.15) is 38.7 Å². The zero-order valence-electron chi connectivity index (χ0n) is 19.1. The SMILES string of the molecule is C=CC[C@@H](CC(=O)N[C@@H](C)CO)C(=O)NC[C@H](C)OC(=O)[C@@H](CC=C)Cc1ccccc1. The number of ether oxygens (including phenoxy) is 1. The first-order chi connectivity index (χ1) is 15.3. The van der Waals surface area contributed by atoms with Crippen LogP contribution in [0, 0.1) is 11.8 Å². The van der Waals surface area contributed by atoms with Gasteiger partial charge in [0, 0.05) is 12.5 Å². The minimum Gasteiger partial charge on any atom is -0.461 e. The molecule has 0 aliphatic carbocycles. The molecule has 7 nitrogen and oxygen atoms in total. The van der Waals surface area contributed by atoms with Crippen molar-refractivity contribution in [3.05, 3.63) is 61.2 Å². The quantitative estimate of drug-likeness (QED) is 0.285. The van der Waals surface area contributed by atoms with E-state index in [9.17, 15) is 14.4 Å². The molecular formula is C25H36N2O5. The lowest BCUT2D eigenvalue weighted by atomic mass is 9.96. The number of amides is 2. The zero-order valence-corrected chi connectivity index (χ0v) is 19.1. The van der Waals surface area contributed by atoms with Gasteiger partial charge in [0.2, 0.25) is 11.8 Å². The third-order valence-corrected chi connectivity index (χ3v) is 4.93. The topological polar surface area (TPSA) is 105 Å². The van der Waals surface area contributed by atoms with E-state index >= 15 is 0 Å². The van der Waals surface area contributed by atoms with Crippen LogP contribution < -0.4 is 10.6 Å². The molecule has 2 amide bonds. The van der Waals surface area contributed by atoms with Crippen molar-refractivity contribution in [2.24, 2.45) is 11.8 Å². The molecule has 1 aromatic rings. The Kier molecular flexibility index (Phi) is 12.7. The Hall–Kier alpha value is -2.93. The molecule has 3 N–H and O–H groups in total. The monoisotopic (exact) mass is 444 g/mol. The van der Waals surface area contributed by atoms with Crippen LogP contribution in [0.25, 0.3) is 0 Å². The Morgan fingerprint density at radius 2 is 1.69 bits per heavy atom. The minimum absolute atomic E-state index is 0.0190. The van der Waals surface area contributed by atoms with Crippen LogP contribution in [0.5, 0.6) is 0 Å². The van der Waals surface area contributed by atoms with Gasteiger partial charge in [-0.2, -0.15) is 0 Å². The van der Waals surface area contributed by atoms with Crippen LogP contribution in [0.4, 0.5) is 0 Å². The van der Waals surface area contributed by atoms with Gasteiger partial charge in [-0.1, -0.05) is 42.5 Å². The van der Waals surface area contributed by atoms with E-state index in [0.29, 0.717) is 19.3 Å². The number of carbonyl (C=O) groups excluding carboxylic acids is 3. The molecule has 1 aromatic carbocycles. The van der Waals surface area contributed by atoms with Crippen molar-refractivity contribution in [3.63, 3.8) is 0 Å². The Balaban J connectivity index is 2.57. The van der Waals surface area contributed by atoms with E-state index in [1.165, 1.54) is 0 Å². The molecule has 0 spiro atoms. The second kappa shape index (κ2) is 15.0. The first kappa shape index (κ1) is 27.1. The second-order valence-electron chi connectivity index (χ2n) is 7.98. The van der Waals surface area contributed by atoms with Crippen LogP contribution in [0.3, 0.4) is 0 Å². The fourth-order valence-electron chi connectivity index (χ4n) is 3.17. The van der Waals surface area contributed by atoms with Crippen LogP contribution in [0.15, 0.2) is 55.6 Å². The van der Waals surface area contributed by atoms with Gasteiger partial charge in [0.25, 0.3) is 0 Å². The lowest BCUT2D eigenvalue weighted by molar-refractivity contribution is -0.153. The van der Waals surface area contributed by atoms with E-state index in [-0.39, 0.29) is 49.3 Å². The predicted molar refractivity (Wildman–Crippen MR) is 125 cm³/mol. The molecule has 0 radical (unpaired) electrons. The minimum atomic E-state index is -0.590. The first-order valence-corrected chi connectivity index (χ1v) is 10.9. The summed E-state index contributed by atoms with van der Waals surface area (Å²) in [6.07, 6.45) is 4.11. The Labute approximate surface area is 190 Å². The average molecular weight is 445 g/mol. The molecule has 0 saturated heterocycles. The highest BCUT2D eigenvalue weighted by Crippen LogP contribution is 2.16. The highest BCUT2D eigenvalue weighted by molar-refractivity contribution is 5.86. The number of aliphatic hydroxyl groups excluding tert-OH is 1. The summed E-state index contributed by atoms with van der Waals surface area (Å²) in [4.78, 5) is 37.2. The molecule has 0 aromatic heterocycles. The number of aliphatic hydroxyl groups is 1. The van der Waals surface area contributed by atoms with Crippen molar-refractivity contribution in [2.45, 2.75) is 51.7 Å². The van der Waals surface area contributed by atoms with Crippen LogP contribution in [-0.2, 0) is 25.5 Å². The molecule has 0 bridgehead atoms. The lowest BCUT2D eigenvalue weighted by Crippen LogP contribution is -2.41.